The van der Waals surface area contributed by atoms with Crippen molar-refractivity contribution in [3.05, 3.63) is 12.2 Å². The number of carbonyl (C=O) groups is 1. The van der Waals surface area contributed by atoms with Gasteiger partial charge in [-0.3, -0.25) is 13.8 Å². The van der Waals surface area contributed by atoms with Crippen molar-refractivity contribution in [2.24, 2.45) is 0 Å². The Kier molecular flexibility index (Phi) is 33.8. The largest absolute Gasteiger partial charge is 0.472 e. The predicted octanol–water partition coefficient (Wildman–Crippen LogP) is 11.5. The van der Waals surface area contributed by atoms with E-state index in [4.69, 9.17) is 18.5 Å². The summed E-state index contributed by atoms with van der Waals surface area (Å²) < 4.78 is 34.9. The monoisotopic (exact) mass is 719 g/mol. The number of hydrogen-bond donors (Lipinski definition) is 1. The predicted molar refractivity (Wildman–Crippen MR) is 206 cm³/mol. The molecule has 0 fully saturated rings. The number of nitrogens with zero attached hydrogens (tertiary/aromatic N) is 1. The molecule has 0 saturated heterocycles. The first kappa shape index (κ1) is 48.2. The Hall–Kier alpha value is -0.760. The molecule has 1 N–H and O–H groups in total. The van der Waals surface area contributed by atoms with Crippen LogP contribution >= 0.6 is 7.82 Å². The van der Waals surface area contributed by atoms with Gasteiger partial charge in [0.25, 0.3) is 0 Å². The summed E-state index contributed by atoms with van der Waals surface area (Å²) in [4.78, 5) is 22.8. The Balaban J connectivity index is 4.26. The average molecular weight is 719 g/mol. The quantitative estimate of drug-likeness (QED) is 0.0223. The van der Waals surface area contributed by atoms with Crippen molar-refractivity contribution >= 4 is 13.8 Å². The number of phosphoric ester groups is 1. The van der Waals surface area contributed by atoms with Crippen LogP contribution in [0.3, 0.4) is 0 Å². The van der Waals surface area contributed by atoms with Crippen LogP contribution in [-0.2, 0) is 27.9 Å². The Morgan fingerprint density at radius 1 is 0.612 bits per heavy atom. The number of hydrogen-bond acceptors (Lipinski definition) is 6. The number of likely N-dealkylation sites (N-methyl/N-ethyl adjacent to an activating group) is 1. The van der Waals surface area contributed by atoms with Gasteiger partial charge in [-0.2, -0.15) is 0 Å². The molecule has 49 heavy (non-hydrogen) atoms. The van der Waals surface area contributed by atoms with Crippen LogP contribution < -0.4 is 0 Å². The molecule has 0 radical (unpaired) electrons. The third-order valence-electron chi connectivity index (χ3n) is 8.83. The average Bonchev–Trinajstić information content (AvgIpc) is 3.04. The van der Waals surface area contributed by atoms with Crippen molar-refractivity contribution in [3.8, 4) is 0 Å². The Morgan fingerprint density at radius 2 is 1.06 bits per heavy atom. The number of allylic oxidation sites excluding steroid dienone is 2. The van der Waals surface area contributed by atoms with E-state index in [1.54, 1.807) is 0 Å². The van der Waals surface area contributed by atoms with Gasteiger partial charge < -0.3 is 18.9 Å². The number of quaternary nitrogens is 1. The molecule has 0 aliphatic carbocycles. The van der Waals surface area contributed by atoms with Crippen molar-refractivity contribution in [2.45, 2.75) is 187 Å². The van der Waals surface area contributed by atoms with Gasteiger partial charge in [-0.05, 0) is 38.5 Å². The van der Waals surface area contributed by atoms with Crippen LogP contribution in [0.15, 0.2) is 12.2 Å². The maximum atomic E-state index is 12.6. The van der Waals surface area contributed by atoms with Crippen molar-refractivity contribution in [1.29, 1.82) is 0 Å². The number of esters is 1. The second-order valence-electron chi connectivity index (χ2n) is 15.0. The van der Waals surface area contributed by atoms with Gasteiger partial charge in [0.2, 0.25) is 0 Å². The molecule has 0 bridgehead atoms. The molecule has 8 nitrogen and oxygen atoms in total. The highest BCUT2D eigenvalue weighted by Gasteiger charge is 2.26. The van der Waals surface area contributed by atoms with E-state index in [-0.39, 0.29) is 25.8 Å². The molecule has 0 aromatic heterocycles. The van der Waals surface area contributed by atoms with Crippen LogP contribution in [0.2, 0.25) is 0 Å². The van der Waals surface area contributed by atoms with Gasteiger partial charge in [-0.1, -0.05) is 148 Å². The smallest absolute Gasteiger partial charge is 0.457 e. The van der Waals surface area contributed by atoms with E-state index in [0.717, 1.165) is 32.1 Å². The third kappa shape index (κ3) is 38.3. The molecule has 0 saturated carbocycles. The van der Waals surface area contributed by atoms with Crippen LogP contribution in [-0.4, -0.2) is 75.6 Å². The lowest BCUT2D eigenvalue weighted by Gasteiger charge is -2.24. The molecule has 2 atom stereocenters. The number of ether oxygens (including phenoxy) is 2. The maximum absolute atomic E-state index is 12.6. The molecule has 0 amide bonds. The topological polar surface area (TPSA) is 91.3 Å². The zero-order valence-corrected chi connectivity index (χ0v) is 33.8. The molecule has 9 heteroatoms. The van der Waals surface area contributed by atoms with Crippen LogP contribution in [0.25, 0.3) is 0 Å². The number of unbranched alkanes of at least 4 members (excludes halogenated alkanes) is 22. The number of rotatable bonds is 38. The van der Waals surface area contributed by atoms with Crippen molar-refractivity contribution in [2.75, 3.05) is 54.1 Å². The zero-order valence-electron chi connectivity index (χ0n) is 32.9. The summed E-state index contributed by atoms with van der Waals surface area (Å²) in [5, 5.41) is 0. The molecule has 0 aromatic carbocycles. The van der Waals surface area contributed by atoms with Gasteiger partial charge >= 0.3 is 13.8 Å². The lowest BCUT2D eigenvalue weighted by molar-refractivity contribution is -0.870. The van der Waals surface area contributed by atoms with Gasteiger partial charge in [-0.15, -0.1) is 0 Å². The summed E-state index contributed by atoms with van der Waals surface area (Å²) >= 11 is 0. The summed E-state index contributed by atoms with van der Waals surface area (Å²) in [6.07, 6.45) is 35.1. The van der Waals surface area contributed by atoms with Crippen molar-refractivity contribution < 1.29 is 37.3 Å². The molecular formula is C40H81NO7P+. The van der Waals surface area contributed by atoms with E-state index in [2.05, 4.69) is 26.0 Å². The number of carbonyl (C=O) groups excluding carboxylic acids is 1. The van der Waals surface area contributed by atoms with Crippen LogP contribution in [0.4, 0.5) is 0 Å². The first-order chi connectivity index (χ1) is 23.6. The molecule has 0 aliphatic rings. The lowest BCUT2D eigenvalue weighted by Crippen LogP contribution is -2.37. The summed E-state index contributed by atoms with van der Waals surface area (Å²) in [6.45, 7) is 5.61. The minimum atomic E-state index is -4.26. The molecule has 2 unspecified atom stereocenters. The van der Waals surface area contributed by atoms with Crippen molar-refractivity contribution in [1.82, 2.24) is 0 Å². The van der Waals surface area contributed by atoms with Gasteiger partial charge in [0.05, 0.1) is 34.4 Å². The normalized spacial score (nSPS) is 14.0. The summed E-state index contributed by atoms with van der Waals surface area (Å²) in [6, 6.07) is 0. The fourth-order valence-electron chi connectivity index (χ4n) is 5.61. The van der Waals surface area contributed by atoms with Gasteiger partial charge in [0.15, 0.2) is 0 Å². The SMILES string of the molecule is CCCCCC/C=C\CCCCCCCCOCC(COP(=O)(O)OCC[N+](C)(C)C)OC(=O)CCCCCCCCCCCCCCC. The Bertz CT molecular complexity index is 802. The highest BCUT2D eigenvalue weighted by molar-refractivity contribution is 7.47. The second-order valence-corrected chi connectivity index (χ2v) is 16.5. The van der Waals surface area contributed by atoms with E-state index in [1.165, 1.54) is 128 Å². The maximum Gasteiger partial charge on any atom is 0.472 e. The summed E-state index contributed by atoms with van der Waals surface area (Å²) in [7, 11) is 1.67. The van der Waals surface area contributed by atoms with Crippen molar-refractivity contribution in [3.63, 3.8) is 0 Å². The highest BCUT2D eigenvalue weighted by atomic mass is 31.2. The fraction of sp³-hybridized carbons (Fsp3) is 0.925. The van der Waals surface area contributed by atoms with E-state index >= 15 is 0 Å². The van der Waals surface area contributed by atoms with E-state index in [9.17, 15) is 14.3 Å². The first-order valence-corrected chi connectivity index (χ1v) is 21.9. The van der Waals surface area contributed by atoms with Crippen LogP contribution in [0.5, 0.6) is 0 Å². The molecule has 0 spiro atoms. The van der Waals surface area contributed by atoms with Gasteiger partial charge in [-0.25, -0.2) is 4.57 Å². The minimum absolute atomic E-state index is 0.0904. The number of phosphoric acid groups is 1. The molecule has 0 rings (SSSR count). The standard InChI is InChI=1S/C40H80NO7P/c1-6-8-10-12-14-16-18-20-22-24-26-28-30-32-35-45-37-39(38-47-49(43,44)46-36-34-41(3,4)5)48-40(42)33-31-29-27-25-23-21-19-17-15-13-11-9-7-2/h16,18,39H,6-15,17,19-38H2,1-5H3/p+1/b18-16-. The van der Waals surface area contributed by atoms with E-state index in [1.807, 2.05) is 21.1 Å². The van der Waals surface area contributed by atoms with Crippen LogP contribution in [0, 0.1) is 0 Å². The zero-order chi connectivity index (χ0) is 36.3. The Morgan fingerprint density at radius 3 is 1.57 bits per heavy atom. The minimum Gasteiger partial charge on any atom is -0.457 e. The van der Waals surface area contributed by atoms with E-state index < -0.39 is 13.9 Å². The first-order valence-electron chi connectivity index (χ1n) is 20.4. The lowest BCUT2D eigenvalue weighted by atomic mass is 10.0. The highest BCUT2D eigenvalue weighted by Crippen LogP contribution is 2.43. The molecule has 0 aromatic rings. The van der Waals surface area contributed by atoms with Crippen LogP contribution in [0.1, 0.15) is 181 Å². The molecular weight excluding hydrogens is 637 g/mol. The third-order valence-corrected chi connectivity index (χ3v) is 9.81. The summed E-state index contributed by atoms with van der Waals surface area (Å²) in [5.74, 6) is -0.315. The molecule has 292 valence electrons. The molecule has 0 heterocycles. The van der Waals surface area contributed by atoms with Gasteiger partial charge in [0.1, 0.15) is 19.3 Å². The van der Waals surface area contributed by atoms with E-state index in [0.29, 0.717) is 24.1 Å². The molecule has 0 aliphatic heterocycles. The summed E-state index contributed by atoms with van der Waals surface area (Å²) in [5.41, 5.74) is 0. The Labute approximate surface area is 303 Å². The second kappa shape index (κ2) is 34.3. The van der Waals surface area contributed by atoms with Gasteiger partial charge in [0, 0.05) is 13.0 Å². The fourth-order valence-corrected chi connectivity index (χ4v) is 6.35.